The van der Waals surface area contributed by atoms with Crippen molar-refractivity contribution in [1.82, 2.24) is 15.1 Å². The zero-order chi connectivity index (χ0) is 28.1. The molecule has 0 bridgehead atoms. The largest absolute Gasteiger partial charge is 0.496 e. The van der Waals surface area contributed by atoms with Gasteiger partial charge in [-0.05, 0) is 75.4 Å². The summed E-state index contributed by atoms with van der Waals surface area (Å²) in [6.07, 6.45) is 4.08. The Balaban J connectivity index is 1.41. The van der Waals surface area contributed by atoms with Crippen molar-refractivity contribution in [3.05, 3.63) is 59.9 Å². The fourth-order valence-corrected chi connectivity index (χ4v) is 5.24. The van der Waals surface area contributed by atoms with Crippen LogP contribution in [0, 0.1) is 6.92 Å². The molecular weight excluding hydrogens is 510 g/mol. The lowest BCUT2D eigenvalue weighted by Gasteiger charge is -2.25. The van der Waals surface area contributed by atoms with E-state index in [9.17, 15) is 14.4 Å². The number of rotatable bonds is 6. The van der Waals surface area contributed by atoms with Crippen molar-refractivity contribution < 1.29 is 23.5 Å². The highest BCUT2D eigenvalue weighted by molar-refractivity contribution is 6.11. The average Bonchev–Trinajstić information content (AvgIpc) is 3.59. The number of methoxy groups -OCH3 is 1. The lowest BCUT2D eigenvalue weighted by Crippen LogP contribution is -2.45. The third-order valence-corrected chi connectivity index (χ3v) is 7.31. The average molecular weight is 546 g/mol. The highest BCUT2D eigenvalue weighted by Gasteiger charge is 2.30. The first-order chi connectivity index (χ1) is 19.4. The number of hydrogen-bond donors (Lipinski definition) is 2. The van der Waals surface area contributed by atoms with Gasteiger partial charge in [0.15, 0.2) is 0 Å². The number of carbonyl (C=O) groups is 3. The van der Waals surface area contributed by atoms with Crippen LogP contribution in [0.5, 0.6) is 5.75 Å². The summed E-state index contributed by atoms with van der Waals surface area (Å²) in [5.41, 5.74) is 1.76. The highest BCUT2D eigenvalue weighted by atomic mass is 16.5. The smallest absolute Gasteiger partial charge is 0.261 e. The number of guanidine groups is 1. The maximum Gasteiger partial charge on any atom is 0.261 e. The number of nitrogens with zero attached hydrogens (tertiary/aromatic N) is 3. The number of aliphatic imine (C=N–C) groups is 1. The molecule has 2 fully saturated rings. The standard InChI is InChI=1S/C30H35N5O5/c1-20-17-21-18-22(12-13-25(21)40-20)31-30(33-28(37)23-9-3-4-11-26(23)39-2)32-24-10-5-6-16-35(29(24)38)19-27(36)34-14-7-8-15-34/h3-4,9,11-13,17-18,24H,5-8,10,14-16,19H2,1-2H3,(H2,31,32,33,37)/t24-/m0/s1. The van der Waals surface area contributed by atoms with Gasteiger partial charge in [-0.25, -0.2) is 4.99 Å². The van der Waals surface area contributed by atoms with E-state index in [1.54, 1.807) is 29.2 Å². The Bertz CT molecular complexity index is 1420. The number of aryl methyl sites for hydroxylation is 1. The van der Waals surface area contributed by atoms with Gasteiger partial charge in [0.2, 0.25) is 17.8 Å². The molecule has 10 heteroatoms. The van der Waals surface area contributed by atoms with Gasteiger partial charge in [-0.1, -0.05) is 12.1 Å². The quantitative estimate of drug-likeness (QED) is 0.358. The first kappa shape index (κ1) is 27.2. The zero-order valence-corrected chi connectivity index (χ0v) is 22.9. The zero-order valence-electron chi connectivity index (χ0n) is 22.9. The van der Waals surface area contributed by atoms with Crippen LogP contribution in [0.15, 0.2) is 57.9 Å². The Morgan fingerprint density at radius 2 is 1.82 bits per heavy atom. The van der Waals surface area contributed by atoms with Gasteiger partial charge >= 0.3 is 0 Å². The van der Waals surface area contributed by atoms with Crippen molar-refractivity contribution in [2.75, 3.05) is 38.6 Å². The number of anilines is 1. The summed E-state index contributed by atoms with van der Waals surface area (Å²) < 4.78 is 11.0. The van der Waals surface area contributed by atoms with Crippen molar-refractivity contribution in [2.45, 2.75) is 45.1 Å². The van der Waals surface area contributed by atoms with Gasteiger partial charge in [-0.15, -0.1) is 0 Å². The lowest BCUT2D eigenvalue weighted by molar-refractivity contribution is -0.140. The number of likely N-dealkylation sites (tertiary alicyclic amines) is 2. The van der Waals surface area contributed by atoms with Crippen LogP contribution in [0.2, 0.25) is 0 Å². The number of furan rings is 1. The number of benzene rings is 2. The van der Waals surface area contributed by atoms with Crippen LogP contribution in [-0.2, 0) is 9.59 Å². The van der Waals surface area contributed by atoms with Crippen molar-refractivity contribution in [2.24, 2.45) is 4.99 Å². The second kappa shape index (κ2) is 12.2. The second-order valence-electron chi connectivity index (χ2n) is 10.2. The summed E-state index contributed by atoms with van der Waals surface area (Å²) in [5.74, 6) is 0.691. The summed E-state index contributed by atoms with van der Waals surface area (Å²) in [6, 6.07) is 13.6. The highest BCUT2D eigenvalue weighted by Crippen LogP contribution is 2.23. The molecule has 0 spiro atoms. The predicted molar refractivity (Wildman–Crippen MR) is 153 cm³/mol. The number of fused-ring (bicyclic) bond motifs is 1. The molecule has 3 aromatic rings. The minimum atomic E-state index is -0.741. The van der Waals surface area contributed by atoms with E-state index in [4.69, 9.17) is 14.1 Å². The molecule has 2 aliphatic rings. The van der Waals surface area contributed by atoms with Gasteiger partial charge in [-0.2, -0.15) is 0 Å². The maximum absolute atomic E-state index is 13.6. The summed E-state index contributed by atoms with van der Waals surface area (Å²) in [5, 5.41) is 6.94. The maximum atomic E-state index is 13.6. The molecule has 10 nitrogen and oxygen atoms in total. The number of nitrogens with one attached hydrogen (secondary N) is 2. The van der Waals surface area contributed by atoms with Crippen LogP contribution >= 0.6 is 0 Å². The molecule has 5 rings (SSSR count). The van der Waals surface area contributed by atoms with Crippen LogP contribution in [0.1, 0.15) is 48.2 Å². The van der Waals surface area contributed by atoms with Crippen LogP contribution in [-0.4, -0.2) is 72.8 Å². The molecule has 0 radical (unpaired) electrons. The van der Waals surface area contributed by atoms with Crippen molar-refractivity contribution in [3.8, 4) is 5.75 Å². The lowest BCUT2D eigenvalue weighted by atomic mass is 10.1. The number of carbonyl (C=O) groups excluding carboxylic acids is 3. The first-order valence-electron chi connectivity index (χ1n) is 13.8. The Kier molecular flexibility index (Phi) is 8.33. The van der Waals surface area contributed by atoms with Crippen LogP contribution in [0.25, 0.3) is 11.0 Å². The Labute approximate surface area is 233 Å². The van der Waals surface area contributed by atoms with E-state index in [0.717, 1.165) is 55.5 Å². The molecule has 1 atom stereocenters. The molecule has 0 aliphatic carbocycles. The molecule has 3 amide bonds. The molecule has 2 saturated heterocycles. The Hall–Kier alpha value is -4.34. The minimum absolute atomic E-state index is 0.0259. The summed E-state index contributed by atoms with van der Waals surface area (Å²) in [6.45, 7) is 3.93. The van der Waals surface area contributed by atoms with E-state index in [1.165, 1.54) is 7.11 Å². The fraction of sp³-hybridized carbons (Fsp3) is 0.400. The predicted octanol–water partition coefficient (Wildman–Crippen LogP) is 3.95. The van der Waals surface area contributed by atoms with E-state index in [1.807, 2.05) is 36.1 Å². The number of para-hydroxylation sites is 1. The Morgan fingerprint density at radius 1 is 1.05 bits per heavy atom. The molecule has 3 heterocycles. The third kappa shape index (κ3) is 6.27. The second-order valence-corrected chi connectivity index (χ2v) is 10.2. The van der Waals surface area contributed by atoms with Crippen molar-refractivity contribution in [3.63, 3.8) is 0 Å². The molecule has 210 valence electrons. The van der Waals surface area contributed by atoms with Gasteiger partial charge in [0.05, 0.1) is 19.2 Å². The fourth-order valence-electron chi connectivity index (χ4n) is 5.24. The van der Waals surface area contributed by atoms with Gasteiger partial charge in [0.25, 0.3) is 5.91 Å². The summed E-state index contributed by atoms with van der Waals surface area (Å²) >= 11 is 0. The topological polar surface area (TPSA) is 116 Å². The van der Waals surface area contributed by atoms with Gasteiger partial charge in [-0.3, -0.25) is 19.7 Å². The SMILES string of the molecule is COc1ccccc1C(=O)NC(=N[C@H]1CCCCN(CC(=O)N2CCCC2)C1=O)Nc1ccc2oc(C)cc2c1. The minimum Gasteiger partial charge on any atom is -0.496 e. The summed E-state index contributed by atoms with van der Waals surface area (Å²) in [4.78, 5) is 47.9. The van der Waals surface area contributed by atoms with E-state index in [-0.39, 0.29) is 24.3 Å². The third-order valence-electron chi connectivity index (χ3n) is 7.31. The molecular formula is C30H35N5O5. The van der Waals surface area contributed by atoms with E-state index in [2.05, 4.69) is 10.6 Å². The number of amides is 3. The molecule has 40 heavy (non-hydrogen) atoms. The molecule has 0 unspecified atom stereocenters. The Morgan fingerprint density at radius 3 is 2.62 bits per heavy atom. The normalized spacial score (nSPS) is 18.1. The van der Waals surface area contributed by atoms with E-state index in [0.29, 0.717) is 30.0 Å². The van der Waals surface area contributed by atoms with E-state index < -0.39 is 11.9 Å². The molecule has 2 aromatic carbocycles. The molecule has 2 aliphatic heterocycles. The van der Waals surface area contributed by atoms with Crippen LogP contribution in [0.3, 0.4) is 0 Å². The van der Waals surface area contributed by atoms with E-state index >= 15 is 0 Å². The molecule has 0 saturated carbocycles. The van der Waals surface area contributed by atoms with Crippen LogP contribution < -0.4 is 15.4 Å². The number of hydrogen-bond acceptors (Lipinski definition) is 6. The van der Waals surface area contributed by atoms with Gasteiger partial charge in [0, 0.05) is 30.7 Å². The molecule has 1 aromatic heterocycles. The van der Waals surface area contributed by atoms with Gasteiger partial charge in [0.1, 0.15) is 23.1 Å². The van der Waals surface area contributed by atoms with Crippen LogP contribution in [0.4, 0.5) is 5.69 Å². The van der Waals surface area contributed by atoms with Crippen molar-refractivity contribution in [1.29, 1.82) is 0 Å². The summed E-state index contributed by atoms with van der Waals surface area (Å²) in [7, 11) is 1.50. The monoisotopic (exact) mass is 545 g/mol. The number of ether oxygens (including phenoxy) is 1. The van der Waals surface area contributed by atoms with Gasteiger partial charge < -0.3 is 24.3 Å². The van der Waals surface area contributed by atoms with Crippen molar-refractivity contribution >= 4 is 40.3 Å². The first-order valence-corrected chi connectivity index (χ1v) is 13.8. The molecule has 2 N–H and O–H groups in total.